The van der Waals surface area contributed by atoms with Gasteiger partial charge in [-0.1, -0.05) is 33.1 Å². The molecule has 0 aromatic rings. The lowest BCUT2D eigenvalue weighted by atomic mass is 9.84. The molecule has 0 bridgehead atoms. The predicted octanol–water partition coefficient (Wildman–Crippen LogP) is 4.98. The summed E-state index contributed by atoms with van der Waals surface area (Å²) < 4.78 is 26.8. The van der Waals surface area contributed by atoms with Crippen LogP contribution in [0.5, 0.6) is 0 Å². The van der Waals surface area contributed by atoms with Gasteiger partial charge in [-0.05, 0) is 49.4 Å². The van der Waals surface area contributed by atoms with Crippen molar-refractivity contribution in [2.45, 2.75) is 64.8 Å². The second kappa shape index (κ2) is 9.28. The lowest BCUT2D eigenvalue weighted by Crippen LogP contribution is -2.40. The van der Waals surface area contributed by atoms with Crippen molar-refractivity contribution in [3.63, 3.8) is 0 Å². The Morgan fingerprint density at radius 2 is 1.88 bits per heavy atom. The molecule has 1 heterocycles. The third-order valence-corrected chi connectivity index (χ3v) is 10.1. The van der Waals surface area contributed by atoms with Gasteiger partial charge < -0.3 is 14.4 Å². The van der Waals surface area contributed by atoms with Gasteiger partial charge >= 0.3 is 6.16 Å². The molecule has 1 aliphatic heterocycles. The molecule has 1 aliphatic carbocycles. The molecule has 1 N–H and O–H groups in total. The number of carbonyl (C=O) groups is 1. The fourth-order valence-corrected chi connectivity index (χ4v) is 7.82. The van der Waals surface area contributed by atoms with E-state index in [-0.39, 0.29) is 17.3 Å². The molecule has 0 radical (unpaired) electrons. The van der Waals surface area contributed by atoms with Crippen LogP contribution in [0, 0.1) is 5.41 Å². The number of amides is 1. The third-order valence-electron chi connectivity index (χ3n) is 5.10. The number of nitrogens with one attached hydrogen (secondary N) is 1. The Bertz CT molecular complexity index is 460. The first-order valence-corrected chi connectivity index (χ1v) is 12.2. The summed E-state index contributed by atoms with van der Waals surface area (Å²) in [6.45, 7) is 2.91. The molecule has 2 aliphatic rings. The zero-order valence-corrected chi connectivity index (χ0v) is 17.0. The van der Waals surface area contributed by atoms with Gasteiger partial charge in [0.15, 0.2) is 0 Å². The number of halogens is 1. The van der Waals surface area contributed by atoms with Gasteiger partial charge in [0, 0.05) is 11.5 Å². The highest BCUT2D eigenvalue weighted by Crippen LogP contribution is 2.62. The first-order chi connectivity index (χ1) is 11.4. The average Bonchev–Trinajstić information content (AvgIpc) is 2.60. The summed E-state index contributed by atoms with van der Waals surface area (Å²) in [6, 6.07) is 0.266. The van der Waals surface area contributed by atoms with E-state index in [2.05, 4.69) is 19.2 Å². The van der Waals surface area contributed by atoms with E-state index in [4.69, 9.17) is 20.9 Å². The van der Waals surface area contributed by atoms with Crippen molar-refractivity contribution in [2.75, 3.05) is 19.1 Å². The quantitative estimate of drug-likeness (QED) is 0.215. The van der Waals surface area contributed by atoms with Crippen LogP contribution < -0.4 is 5.32 Å². The van der Waals surface area contributed by atoms with Gasteiger partial charge in [0.2, 0.25) is 0 Å². The van der Waals surface area contributed by atoms with Crippen molar-refractivity contribution in [1.29, 1.82) is 0 Å². The van der Waals surface area contributed by atoms with Crippen molar-refractivity contribution in [2.24, 2.45) is 5.41 Å². The minimum Gasteiger partial charge on any atom is -0.318 e. The normalized spacial score (nSPS) is 24.0. The van der Waals surface area contributed by atoms with Gasteiger partial charge in [-0.2, -0.15) is 4.08 Å². The summed E-state index contributed by atoms with van der Waals surface area (Å²) in [5.74, 6) is 0.143. The topological polar surface area (TPSA) is 50.8 Å². The molecule has 1 saturated heterocycles. The second-order valence-corrected chi connectivity index (χ2v) is 11.0. The summed E-state index contributed by atoms with van der Waals surface area (Å²) in [6.07, 6.45) is 6.07. The van der Waals surface area contributed by atoms with Gasteiger partial charge in [-0.3, -0.25) is 0 Å². The minimum absolute atomic E-state index is 0.0400. The van der Waals surface area contributed by atoms with Crippen LogP contribution in [0.15, 0.2) is 0 Å². The summed E-state index contributed by atoms with van der Waals surface area (Å²) in [5, 5.41) is 2.19. The summed E-state index contributed by atoms with van der Waals surface area (Å²) in [7, 11) is 0. The van der Waals surface area contributed by atoms with Crippen LogP contribution in [-0.2, 0) is 20.9 Å². The maximum atomic E-state index is 12.5. The van der Waals surface area contributed by atoms with Crippen LogP contribution in [0.1, 0.15) is 58.8 Å². The van der Waals surface area contributed by atoms with E-state index in [9.17, 15) is 9.18 Å². The van der Waals surface area contributed by atoms with E-state index in [0.29, 0.717) is 13.2 Å². The van der Waals surface area contributed by atoms with Gasteiger partial charge in [0.1, 0.15) is 0 Å². The Kier molecular flexibility index (Phi) is 7.97. The van der Waals surface area contributed by atoms with Crippen molar-refractivity contribution >= 4 is 36.6 Å². The molecule has 2 fully saturated rings. The standard InChI is InChI=1S/C15H28FN2O3PS2/c1-3-15(4-2)10-20-22(23,21-11-15)18(24-12-17-14(16)19)13-8-6-5-7-9-13/h13H,3-12H2,1-2H3,(H,17,19). The van der Waals surface area contributed by atoms with E-state index in [1.54, 1.807) is 0 Å². The van der Waals surface area contributed by atoms with Gasteiger partial charge in [-0.25, -0.2) is 4.79 Å². The SMILES string of the molecule is CCC1(CC)COP(=S)(N(SCNC(=O)F)C2CCCCC2)OC1. The number of nitrogens with zero attached hydrogens (tertiary/aromatic N) is 1. The van der Waals surface area contributed by atoms with Crippen molar-refractivity contribution in [3.8, 4) is 0 Å². The molecule has 24 heavy (non-hydrogen) atoms. The van der Waals surface area contributed by atoms with Crippen LogP contribution in [0.3, 0.4) is 0 Å². The van der Waals surface area contributed by atoms with Gasteiger partial charge in [0.25, 0.3) is 6.64 Å². The van der Waals surface area contributed by atoms with E-state index < -0.39 is 12.8 Å². The Balaban J connectivity index is 2.07. The Morgan fingerprint density at radius 3 is 2.38 bits per heavy atom. The highest BCUT2D eigenvalue weighted by atomic mass is 32.5. The Hall–Kier alpha value is 0.280. The predicted molar refractivity (Wildman–Crippen MR) is 100 cm³/mol. The lowest BCUT2D eigenvalue weighted by Gasteiger charge is -2.46. The first kappa shape index (κ1) is 20.6. The Labute approximate surface area is 153 Å². The molecule has 0 spiro atoms. The number of hydrogen-bond acceptors (Lipinski definition) is 5. The molecular weight excluding hydrogens is 370 g/mol. The lowest BCUT2D eigenvalue weighted by molar-refractivity contribution is 0.0164. The summed E-state index contributed by atoms with van der Waals surface area (Å²) in [4.78, 5) is 10.5. The molecule has 1 amide bonds. The van der Waals surface area contributed by atoms with Crippen LogP contribution >= 0.6 is 18.6 Å². The molecule has 0 aromatic heterocycles. The first-order valence-electron chi connectivity index (χ1n) is 8.70. The van der Waals surface area contributed by atoms with Gasteiger partial charge in [0.05, 0.1) is 19.1 Å². The van der Waals surface area contributed by atoms with E-state index in [1.807, 2.05) is 4.08 Å². The second-order valence-electron chi connectivity index (χ2n) is 6.54. The molecule has 0 aromatic carbocycles. The molecule has 9 heteroatoms. The number of hydrogen-bond donors (Lipinski definition) is 1. The van der Waals surface area contributed by atoms with Gasteiger partial charge in [-0.15, -0.1) is 4.39 Å². The smallest absolute Gasteiger partial charge is 0.318 e. The largest absolute Gasteiger partial charge is 0.398 e. The number of carbonyl (C=O) groups excluding carboxylic acids is 1. The molecule has 5 nitrogen and oxygen atoms in total. The van der Waals surface area contributed by atoms with Crippen LogP contribution in [-0.4, -0.2) is 35.4 Å². The fourth-order valence-electron chi connectivity index (χ4n) is 3.12. The minimum atomic E-state index is -2.60. The summed E-state index contributed by atoms with van der Waals surface area (Å²) >= 11 is 7.13. The Morgan fingerprint density at radius 1 is 1.29 bits per heavy atom. The summed E-state index contributed by atoms with van der Waals surface area (Å²) in [5.41, 5.74) is 0.0400. The fraction of sp³-hybridized carbons (Fsp3) is 0.933. The molecular formula is C15H28FN2O3PS2. The average molecular weight is 399 g/mol. The van der Waals surface area contributed by atoms with Crippen molar-refractivity contribution in [1.82, 2.24) is 9.39 Å². The molecule has 2 rings (SSSR count). The maximum Gasteiger partial charge on any atom is 0.398 e. The zero-order valence-electron chi connectivity index (χ0n) is 14.5. The van der Waals surface area contributed by atoms with Crippen molar-refractivity contribution < 1.29 is 18.2 Å². The molecule has 0 atom stereocenters. The molecule has 140 valence electrons. The monoisotopic (exact) mass is 398 g/mol. The van der Waals surface area contributed by atoms with E-state index in [1.165, 1.54) is 18.4 Å². The highest BCUT2D eigenvalue weighted by Gasteiger charge is 2.43. The highest BCUT2D eigenvalue weighted by molar-refractivity contribution is 8.15. The molecule has 1 saturated carbocycles. The molecule has 0 unspecified atom stereocenters. The van der Waals surface area contributed by atoms with Crippen LogP contribution in [0.4, 0.5) is 9.18 Å². The van der Waals surface area contributed by atoms with E-state index >= 15 is 0 Å². The maximum absolute atomic E-state index is 12.5. The third kappa shape index (κ3) is 5.15. The zero-order chi connectivity index (χ0) is 17.6. The number of rotatable bonds is 7. The van der Waals surface area contributed by atoms with E-state index in [0.717, 1.165) is 38.5 Å². The van der Waals surface area contributed by atoms with Crippen LogP contribution in [0.25, 0.3) is 0 Å². The van der Waals surface area contributed by atoms with Crippen LogP contribution in [0.2, 0.25) is 0 Å². The van der Waals surface area contributed by atoms with Crippen molar-refractivity contribution in [3.05, 3.63) is 0 Å².